The van der Waals surface area contributed by atoms with E-state index in [-0.39, 0.29) is 0 Å². The standard InChI is InChI=1S/C61H37N5O/c1-36-26-28-37(29-27-36)56-60(64-48-21-9-4-16-40(48)41-17-5-10-22-49(41)64)46(34-62)59(47(35-63)61(56)65-50-23-11-6-18-42(50)43-19-7-12-24-51(43)65)66-52-30-31-55-58(44-20-8-13-25-54(44)67-55)57(52)45-32-38-14-2-3-15-39(38)33-53(45)66/h2-11,13-23,25-33H,12,24H2,1H3. The van der Waals surface area contributed by atoms with Crippen LogP contribution in [-0.2, 0) is 6.42 Å². The maximum Gasteiger partial charge on any atom is 0.136 e. The van der Waals surface area contributed by atoms with Crippen molar-refractivity contribution in [3.05, 3.63) is 204 Å². The van der Waals surface area contributed by atoms with Gasteiger partial charge in [-0.25, -0.2) is 0 Å². The second-order valence-electron chi connectivity index (χ2n) is 17.8. The van der Waals surface area contributed by atoms with Gasteiger partial charge in [0.05, 0.1) is 44.6 Å². The van der Waals surface area contributed by atoms with Crippen LogP contribution in [0.5, 0.6) is 0 Å². The summed E-state index contributed by atoms with van der Waals surface area (Å²) in [7, 11) is 0. The Hall–Kier alpha value is -9.10. The van der Waals surface area contributed by atoms with Crippen molar-refractivity contribution in [2.24, 2.45) is 0 Å². The minimum atomic E-state index is 0.400. The van der Waals surface area contributed by atoms with E-state index in [0.29, 0.717) is 16.8 Å². The lowest BCUT2D eigenvalue weighted by Gasteiger charge is -2.27. The minimum Gasteiger partial charge on any atom is -0.456 e. The van der Waals surface area contributed by atoms with E-state index >= 15 is 0 Å². The van der Waals surface area contributed by atoms with Crippen LogP contribution < -0.4 is 0 Å². The first-order valence-corrected chi connectivity index (χ1v) is 22.8. The highest BCUT2D eigenvalue weighted by Crippen LogP contribution is 2.50. The van der Waals surface area contributed by atoms with Gasteiger partial charge in [0, 0.05) is 54.5 Å². The summed E-state index contributed by atoms with van der Waals surface area (Å²) in [5, 5.41) is 33.9. The van der Waals surface area contributed by atoms with Crippen molar-refractivity contribution in [2.45, 2.75) is 19.8 Å². The third kappa shape index (κ3) is 5.07. The largest absolute Gasteiger partial charge is 0.456 e. The summed E-state index contributed by atoms with van der Waals surface area (Å²) in [5.41, 5.74) is 14.3. The molecule has 6 nitrogen and oxygen atoms in total. The molecule has 14 rings (SSSR count). The lowest BCUT2D eigenvalue weighted by Crippen LogP contribution is -2.15. The molecule has 0 bridgehead atoms. The Morgan fingerprint density at radius 3 is 1.76 bits per heavy atom. The van der Waals surface area contributed by atoms with Gasteiger partial charge in [-0.05, 0) is 84.6 Å². The van der Waals surface area contributed by atoms with Gasteiger partial charge in [0.15, 0.2) is 0 Å². The molecule has 0 atom stereocenters. The van der Waals surface area contributed by atoms with Crippen LogP contribution in [0.3, 0.4) is 0 Å². The van der Waals surface area contributed by atoms with Crippen LogP contribution in [0.1, 0.15) is 34.4 Å². The summed E-state index contributed by atoms with van der Waals surface area (Å²) >= 11 is 0. The molecular formula is C61H37N5O. The third-order valence-corrected chi connectivity index (χ3v) is 14.2. The molecule has 4 aromatic heterocycles. The van der Waals surface area contributed by atoms with Crippen molar-refractivity contribution in [2.75, 3.05) is 0 Å². The molecule has 0 amide bonds. The smallest absolute Gasteiger partial charge is 0.136 e. The predicted octanol–water partition coefficient (Wildman–Crippen LogP) is 15.6. The Morgan fingerprint density at radius 1 is 0.478 bits per heavy atom. The molecule has 0 spiro atoms. The summed E-state index contributed by atoms with van der Waals surface area (Å²) in [4.78, 5) is 0. The minimum absolute atomic E-state index is 0.400. The SMILES string of the molecule is Cc1ccc(-c2c(-n3c4c(c5ccccc53)C=CCC4)c(C#N)c(-n3c4cc5ccccc5cc4c4c5c(ccc43)oc3ccccc35)c(C#N)c2-n2c3ccccc3c3ccccc32)cc1. The molecule has 0 saturated heterocycles. The number of para-hydroxylation sites is 4. The summed E-state index contributed by atoms with van der Waals surface area (Å²) in [5.74, 6) is 0. The van der Waals surface area contributed by atoms with E-state index in [2.05, 4.69) is 197 Å². The number of nitrogens with zero attached hydrogens (tertiary/aromatic N) is 5. The van der Waals surface area contributed by atoms with Gasteiger partial charge < -0.3 is 18.1 Å². The van der Waals surface area contributed by atoms with Crippen molar-refractivity contribution in [3.8, 4) is 40.3 Å². The van der Waals surface area contributed by atoms with E-state index in [9.17, 15) is 10.5 Å². The fourth-order valence-corrected chi connectivity index (χ4v) is 11.4. The van der Waals surface area contributed by atoms with Gasteiger partial charge in [-0.2, -0.15) is 10.5 Å². The molecule has 6 heteroatoms. The highest BCUT2D eigenvalue weighted by Gasteiger charge is 2.34. The zero-order chi connectivity index (χ0) is 44.5. The number of allylic oxidation sites excluding steroid dienone is 1. The molecule has 67 heavy (non-hydrogen) atoms. The van der Waals surface area contributed by atoms with Crippen molar-refractivity contribution in [1.29, 1.82) is 10.5 Å². The lowest BCUT2D eigenvalue weighted by molar-refractivity contribution is 0.669. The molecule has 0 saturated carbocycles. The number of fused-ring (bicyclic) bond motifs is 14. The molecule has 1 aliphatic carbocycles. The summed E-state index contributed by atoms with van der Waals surface area (Å²) in [6, 6.07) is 65.0. The van der Waals surface area contributed by atoms with Gasteiger partial charge in [-0.3, -0.25) is 0 Å². The average Bonchev–Trinajstić information content (AvgIpc) is 4.11. The molecule has 0 unspecified atom stereocenters. The van der Waals surface area contributed by atoms with Crippen LogP contribution in [-0.4, -0.2) is 13.7 Å². The fraction of sp³-hybridized carbons (Fsp3) is 0.0492. The van der Waals surface area contributed by atoms with Gasteiger partial charge in [-0.1, -0.05) is 139 Å². The van der Waals surface area contributed by atoms with Crippen LogP contribution in [0.4, 0.5) is 0 Å². The summed E-state index contributed by atoms with van der Waals surface area (Å²) < 4.78 is 13.4. The highest BCUT2D eigenvalue weighted by atomic mass is 16.3. The van der Waals surface area contributed by atoms with Crippen molar-refractivity contribution < 1.29 is 4.42 Å². The van der Waals surface area contributed by atoms with Gasteiger partial charge in [-0.15, -0.1) is 0 Å². The normalized spacial score (nSPS) is 12.6. The van der Waals surface area contributed by atoms with Crippen LogP contribution in [0, 0.1) is 29.6 Å². The van der Waals surface area contributed by atoms with Crippen LogP contribution >= 0.6 is 0 Å². The van der Waals surface area contributed by atoms with E-state index in [1.54, 1.807) is 0 Å². The van der Waals surface area contributed by atoms with E-state index in [0.717, 1.165) is 139 Å². The number of furan rings is 1. The maximum atomic E-state index is 12.2. The zero-order valence-electron chi connectivity index (χ0n) is 36.4. The molecule has 0 radical (unpaired) electrons. The molecular weight excluding hydrogens is 819 g/mol. The molecule has 0 N–H and O–H groups in total. The molecule has 13 aromatic rings. The topological polar surface area (TPSA) is 75.5 Å². The van der Waals surface area contributed by atoms with Crippen LogP contribution in [0.2, 0.25) is 0 Å². The number of aryl methyl sites for hydroxylation is 1. The van der Waals surface area contributed by atoms with Crippen molar-refractivity contribution in [3.63, 3.8) is 0 Å². The number of rotatable bonds is 4. The molecule has 1 aliphatic rings. The second-order valence-corrected chi connectivity index (χ2v) is 17.8. The molecule has 0 fully saturated rings. The Balaban J connectivity index is 1.29. The highest BCUT2D eigenvalue weighted by molar-refractivity contribution is 6.29. The maximum absolute atomic E-state index is 12.2. The molecule has 0 aliphatic heterocycles. The number of hydrogen-bond acceptors (Lipinski definition) is 3. The van der Waals surface area contributed by atoms with Gasteiger partial charge >= 0.3 is 0 Å². The average molecular weight is 856 g/mol. The number of hydrogen-bond donors (Lipinski definition) is 0. The quantitative estimate of drug-likeness (QED) is 0.177. The number of nitriles is 2. The van der Waals surface area contributed by atoms with Crippen LogP contribution in [0.15, 0.2) is 180 Å². The second kappa shape index (κ2) is 13.9. The van der Waals surface area contributed by atoms with Crippen molar-refractivity contribution in [1.82, 2.24) is 13.7 Å². The number of aromatic nitrogens is 3. The summed E-state index contributed by atoms with van der Waals surface area (Å²) in [6.45, 7) is 2.09. The predicted molar refractivity (Wildman–Crippen MR) is 274 cm³/mol. The first-order valence-electron chi connectivity index (χ1n) is 22.8. The third-order valence-electron chi connectivity index (χ3n) is 14.2. The first-order chi connectivity index (χ1) is 33.1. The molecule has 4 heterocycles. The Kier molecular flexibility index (Phi) is 7.76. The van der Waals surface area contributed by atoms with E-state index in [1.807, 2.05) is 18.2 Å². The number of benzene rings is 9. The Bertz CT molecular complexity index is 4370. The monoisotopic (exact) mass is 855 g/mol. The fourth-order valence-electron chi connectivity index (χ4n) is 11.4. The molecule has 9 aromatic carbocycles. The molecule has 312 valence electrons. The Morgan fingerprint density at radius 2 is 1.06 bits per heavy atom. The lowest BCUT2D eigenvalue weighted by atomic mass is 9.91. The van der Waals surface area contributed by atoms with E-state index in [4.69, 9.17) is 4.42 Å². The summed E-state index contributed by atoms with van der Waals surface area (Å²) in [6.07, 6.45) is 6.14. The van der Waals surface area contributed by atoms with Crippen LogP contribution in [0.25, 0.3) is 121 Å². The van der Waals surface area contributed by atoms with Crippen molar-refractivity contribution >= 4 is 93.3 Å². The Labute approximate surface area is 384 Å². The zero-order valence-corrected chi connectivity index (χ0v) is 36.4. The van der Waals surface area contributed by atoms with Gasteiger partial charge in [0.25, 0.3) is 0 Å². The van der Waals surface area contributed by atoms with Gasteiger partial charge in [0.1, 0.15) is 34.4 Å². The van der Waals surface area contributed by atoms with Gasteiger partial charge in [0.2, 0.25) is 0 Å². The first kappa shape index (κ1) is 37.3. The van der Waals surface area contributed by atoms with E-state index < -0.39 is 0 Å². The van der Waals surface area contributed by atoms with E-state index in [1.165, 1.54) is 0 Å².